The van der Waals surface area contributed by atoms with E-state index in [1.54, 1.807) is 10.9 Å². The molecule has 1 amide bonds. The van der Waals surface area contributed by atoms with Crippen LogP contribution in [0.1, 0.15) is 49.8 Å². The molecule has 0 aliphatic carbocycles. The molecule has 0 unspecified atom stereocenters. The van der Waals surface area contributed by atoms with E-state index in [1.165, 1.54) is 0 Å². The van der Waals surface area contributed by atoms with Crippen LogP contribution in [0.5, 0.6) is 0 Å². The lowest BCUT2D eigenvalue weighted by molar-refractivity contribution is 0.101. The van der Waals surface area contributed by atoms with Crippen LogP contribution < -0.4 is 5.32 Å². The first-order valence-electron chi connectivity index (χ1n) is 6.58. The van der Waals surface area contributed by atoms with Gasteiger partial charge in [0.05, 0.1) is 11.4 Å². The highest BCUT2D eigenvalue weighted by Gasteiger charge is 2.22. The minimum absolute atomic E-state index is 0.140. The zero-order valence-electron chi connectivity index (χ0n) is 12.5. The zero-order valence-corrected chi connectivity index (χ0v) is 12.5. The molecule has 0 aromatic carbocycles. The second-order valence-electron chi connectivity index (χ2n) is 5.73. The molecule has 108 valence electrons. The average molecular weight is 276 g/mol. The number of H-pyrrole nitrogens is 1. The van der Waals surface area contributed by atoms with Crippen LogP contribution in [-0.4, -0.2) is 30.9 Å². The van der Waals surface area contributed by atoms with Crippen molar-refractivity contribution in [1.82, 2.24) is 25.0 Å². The lowest BCUT2D eigenvalue weighted by atomic mass is 9.96. The molecule has 0 radical (unpaired) electrons. The summed E-state index contributed by atoms with van der Waals surface area (Å²) in [7, 11) is 1.82. The number of carbonyl (C=O) groups is 1. The van der Waals surface area contributed by atoms with Gasteiger partial charge in [-0.25, -0.2) is 4.98 Å². The summed E-state index contributed by atoms with van der Waals surface area (Å²) < 4.78 is 1.67. The predicted molar refractivity (Wildman–Crippen MR) is 75.6 cm³/mol. The number of nitrogens with one attached hydrogen (secondary N) is 2. The maximum Gasteiger partial charge on any atom is 0.295 e. The molecule has 0 atom stereocenters. The fourth-order valence-corrected chi connectivity index (χ4v) is 1.78. The molecule has 0 bridgehead atoms. The van der Waals surface area contributed by atoms with Gasteiger partial charge in [0, 0.05) is 18.7 Å². The van der Waals surface area contributed by atoms with Gasteiger partial charge in [-0.05, 0) is 6.42 Å². The van der Waals surface area contributed by atoms with Gasteiger partial charge in [0.25, 0.3) is 5.91 Å². The van der Waals surface area contributed by atoms with Crippen molar-refractivity contribution in [2.24, 2.45) is 7.05 Å². The summed E-state index contributed by atoms with van der Waals surface area (Å²) in [5.74, 6) is 0.491. The van der Waals surface area contributed by atoms with Crippen LogP contribution in [0, 0.1) is 0 Å². The molecule has 2 heterocycles. The summed E-state index contributed by atoms with van der Waals surface area (Å²) >= 11 is 0. The molecule has 20 heavy (non-hydrogen) atoms. The third kappa shape index (κ3) is 2.87. The predicted octanol–water partition coefficient (Wildman–Crippen LogP) is 1.65. The molecule has 7 nitrogen and oxygen atoms in total. The molecular weight excluding hydrogens is 256 g/mol. The highest BCUT2D eigenvalue weighted by atomic mass is 16.2. The number of rotatable bonds is 3. The molecule has 0 saturated heterocycles. The van der Waals surface area contributed by atoms with Gasteiger partial charge >= 0.3 is 0 Å². The first-order valence-corrected chi connectivity index (χ1v) is 6.58. The molecular formula is C13H20N6O. The van der Waals surface area contributed by atoms with Crippen LogP contribution >= 0.6 is 0 Å². The average Bonchev–Trinajstić information content (AvgIpc) is 2.94. The van der Waals surface area contributed by atoms with Gasteiger partial charge in [-0.2, -0.15) is 5.10 Å². The standard InChI is InChI=1S/C13H20N6O/c1-6-8-9(7-19(5)18-8)14-11(20)10-15-12(17-16-10)13(2,3)4/h7H,6H2,1-5H3,(H,14,20)(H,15,16,17). The van der Waals surface area contributed by atoms with Gasteiger partial charge in [0.2, 0.25) is 5.82 Å². The van der Waals surface area contributed by atoms with Crippen molar-refractivity contribution >= 4 is 11.6 Å². The topological polar surface area (TPSA) is 88.5 Å². The quantitative estimate of drug-likeness (QED) is 0.892. The van der Waals surface area contributed by atoms with Crippen LogP contribution in [0.15, 0.2) is 6.20 Å². The fourth-order valence-electron chi connectivity index (χ4n) is 1.78. The van der Waals surface area contributed by atoms with E-state index in [-0.39, 0.29) is 17.1 Å². The second-order valence-corrected chi connectivity index (χ2v) is 5.73. The van der Waals surface area contributed by atoms with Crippen molar-refractivity contribution < 1.29 is 4.79 Å². The summed E-state index contributed by atoms with van der Waals surface area (Å²) in [4.78, 5) is 16.4. The molecule has 2 aromatic rings. The number of aromatic nitrogens is 5. The number of aromatic amines is 1. The van der Waals surface area contributed by atoms with E-state index in [0.717, 1.165) is 12.1 Å². The molecule has 0 aliphatic heterocycles. The van der Waals surface area contributed by atoms with E-state index < -0.39 is 0 Å². The van der Waals surface area contributed by atoms with Crippen LogP contribution in [0.2, 0.25) is 0 Å². The van der Waals surface area contributed by atoms with Gasteiger partial charge in [-0.1, -0.05) is 27.7 Å². The number of nitrogens with zero attached hydrogens (tertiary/aromatic N) is 4. The normalized spacial score (nSPS) is 11.7. The van der Waals surface area contributed by atoms with Crippen molar-refractivity contribution in [3.8, 4) is 0 Å². The summed E-state index contributed by atoms with van der Waals surface area (Å²) in [6.45, 7) is 8.00. The van der Waals surface area contributed by atoms with E-state index in [0.29, 0.717) is 11.5 Å². The maximum absolute atomic E-state index is 12.1. The smallest absolute Gasteiger partial charge is 0.295 e. The van der Waals surface area contributed by atoms with Crippen molar-refractivity contribution in [3.05, 3.63) is 23.5 Å². The van der Waals surface area contributed by atoms with Crippen molar-refractivity contribution in [1.29, 1.82) is 0 Å². The molecule has 7 heteroatoms. The number of aryl methyl sites for hydroxylation is 2. The lowest BCUT2D eigenvalue weighted by Gasteiger charge is -2.12. The van der Waals surface area contributed by atoms with Crippen LogP contribution in [0.4, 0.5) is 5.69 Å². The Balaban J connectivity index is 2.18. The molecule has 0 fully saturated rings. The molecule has 0 spiro atoms. The Morgan fingerprint density at radius 2 is 2.15 bits per heavy atom. The molecule has 2 rings (SSSR count). The lowest BCUT2D eigenvalue weighted by Crippen LogP contribution is -2.16. The maximum atomic E-state index is 12.1. The highest BCUT2D eigenvalue weighted by molar-refractivity contribution is 6.01. The summed E-state index contributed by atoms with van der Waals surface area (Å²) in [6, 6.07) is 0. The van der Waals surface area contributed by atoms with Crippen LogP contribution in [0.25, 0.3) is 0 Å². The van der Waals surface area contributed by atoms with E-state index in [2.05, 4.69) is 25.6 Å². The summed E-state index contributed by atoms with van der Waals surface area (Å²) in [5, 5.41) is 13.8. The minimum Gasteiger partial charge on any atom is -0.316 e. The highest BCUT2D eigenvalue weighted by Crippen LogP contribution is 2.18. The Kier molecular flexibility index (Phi) is 3.61. The Labute approximate surface area is 117 Å². The Bertz CT molecular complexity index is 619. The number of anilines is 1. The third-order valence-corrected chi connectivity index (χ3v) is 2.89. The van der Waals surface area contributed by atoms with E-state index in [4.69, 9.17) is 0 Å². The van der Waals surface area contributed by atoms with Gasteiger partial charge in [0.1, 0.15) is 5.82 Å². The SMILES string of the molecule is CCc1nn(C)cc1NC(=O)c1n[nH]c(C(C)(C)C)n1. The van der Waals surface area contributed by atoms with E-state index in [9.17, 15) is 4.79 Å². The molecule has 2 N–H and O–H groups in total. The van der Waals surface area contributed by atoms with E-state index in [1.807, 2.05) is 34.7 Å². The minimum atomic E-state index is -0.334. The Morgan fingerprint density at radius 1 is 1.45 bits per heavy atom. The Hall–Kier alpha value is -2.18. The largest absolute Gasteiger partial charge is 0.316 e. The summed E-state index contributed by atoms with van der Waals surface area (Å²) in [6.07, 6.45) is 2.52. The Morgan fingerprint density at radius 3 is 2.70 bits per heavy atom. The molecule has 0 saturated carbocycles. The number of hydrogen-bond acceptors (Lipinski definition) is 4. The number of amides is 1. The third-order valence-electron chi connectivity index (χ3n) is 2.89. The number of carbonyl (C=O) groups excluding carboxylic acids is 1. The van der Waals surface area contributed by atoms with E-state index >= 15 is 0 Å². The first-order chi connectivity index (χ1) is 9.31. The monoisotopic (exact) mass is 276 g/mol. The van der Waals surface area contributed by atoms with Crippen molar-refractivity contribution in [2.75, 3.05) is 5.32 Å². The van der Waals surface area contributed by atoms with Crippen LogP contribution in [-0.2, 0) is 18.9 Å². The van der Waals surface area contributed by atoms with Gasteiger partial charge in [0.15, 0.2) is 0 Å². The zero-order chi connectivity index (χ0) is 14.9. The summed E-state index contributed by atoms with van der Waals surface area (Å²) in [5.41, 5.74) is 1.36. The molecule has 2 aromatic heterocycles. The van der Waals surface area contributed by atoms with Gasteiger partial charge < -0.3 is 5.32 Å². The van der Waals surface area contributed by atoms with Crippen molar-refractivity contribution in [2.45, 2.75) is 39.5 Å². The van der Waals surface area contributed by atoms with Gasteiger partial charge in [-0.3, -0.25) is 14.6 Å². The fraction of sp³-hybridized carbons (Fsp3) is 0.538. The van der Waals surface area contributed by atoms with Crippen LogP contribution in [0.3, 0.4) is 0 Å². The number of hydrogen-bond donors (Lipinski definition) is 2. The van der Waals surface area contributed by atoms with Gasteiger partial charge in [-0.15, -0.1) is 5.10 Å². The first kappa shape index (κ1) is 14.2. The van der Waals surface area contributed by atoms with Crippen molar-refractivity contribution in [3.63, 3.8) is 0 Å². The molecule has 0 aliphatic rings. The second kappa shape index (κ2) is 5.07.